The second kappa shape index (κ2) is 10.7. The molecule has 0 unspecified atom stereocenters. The van der Waals surface area contributed by atoms with E-state index < -0.39 is 11.9 Å². The lowest BCUT2D eigenvalue weighted by Gasteiger charge is -2.34. The molecule has 1 saturated carbocycles. The van der Waals surface area contributed by atoms with Crippen molar-refractivity contribution in [1.29, 1.82) is 0 Å². The van der Waals surface area contributed by atoms with Gasteiger partial charge in [0.05, 0.1) is 6.61 Å². The number of benzene rings is 1. The molecule has 154 valence electrons. The Kier molecular flexibility index (Phi) is 8.29. The Morgan fingerprint density at radius 1 is 1.11 bits per heavy atom. The smallest absolute Gasteiger partial charge is 0.325 e. The zero-order valence-corrected chi connectivity index (χ0v) is 16.8. The van der Waals surface area contributed by atoms with Gasteiger partial charge in [-0.1, -0.05) is 26.7 Å². The standard InChI is InChI=1S/C21H30N2O5/c1-4-27-17-10-8-16(9-11-17)21(26)22-12-20(25)28-13-19(24)23-18-7-5-6-14(2)15(18)3/h8-11,14-15,18H,4-7,12-13H2,1-3H3,(H,22,26)(H,23,24)/t14-,15+,18+/m1/s1. The number of rotatable bonds is 8. The highest BCUT2D eigenvalue weighted by Gasteiger charge is 2.28. The van der Waals surface area contributed by atoms with Crippen LogP contribution in [0.3, 0.4) is 0 Å². The largest absolute Gasteiger partial charge is 0.494 e. The highest BCUT2D eigenvalue weighted by molar-refractivity contribution is 5.96. The molecular weight excluding hydrogens is 360 g/mol. The van der Waals surface area contributed by atoms with E-state index >= 15 is 0 Å². The first-order chi connectivity index (χ1) is 13.4. The van der Waals surface area contributed by atoms with Crippen LogP contribution in [0.4, 0.5) is 0 Å². The summed E-state index contributed by atoms with van der Waals surface area (Å²) in [5.74, 6) is 0.290. The third-order valence-corrected chi connectivity index (χ3v) is 5.24. The van der Waals surface area contributed by atoms with E-state index in [1.165, 1.54) is 6.42 Å². The minimum Gasteiger partial charge on any atom is -0.494 e. The molecule has 2 rings (SSSR count). The van der Waals surface area contributed by atoms with E-state index in [9.17, 15) is 14.4 Å². The molecule has 3 atom stereocenters. The number of amides is 2. The average molecular weight is 390 g/mol. The van der Waals surface area contributed by atoms with Crippen molar-refractivity contribution < 1.29 is 23.9 Å². The molecule has 1 aromatic carbocycles. The van der Waals surface area contributed by atoms with Gasteiger partial charge in [-0.2, -0.15) is 0 Å². The summed E-state index contributed by atoms with van der Waals surface area (Å²) in [5.41, 5.74) is 0.411. The minimum atomic E-state index is -0.653. The fraction of sp³-hybridized carbons (Fsp3) is 0.571. The molecule has 0 spiro atoms. The molecule has 0 heterocycles. The Hall–Kier alpha value is -2.57. The van der Waals surface area contributed by atoms with Crippen molar-refractivity contribution in [3.8, 4) is 5.75 Å². The van der Waals surface area contributed by atoms with Crippen molar-refractivity contribution in [1.82, 2.24) is 10.6 Å². The van der Waals surface area contributed by atoms with Crippen molar-refractivity contribution in [2.24, 2.45) is 11.8 Å². The number of carbonyl (C=O) groups excluding carboxylic acids is 3. The summed E-state index contributed by atoms with van der Waals surface area (Å²) in [5, 5.41) is 5.43. The number of nitrogens with one attached hydrogen (secondary N) is 2. The summed E-state index contributed by atoms with van der Waals surface area (Å²) in [4.78, 5) is 35.9. The van der Waals surface area contributed by atoms with E-state index in [0.29, 0.717) is 29.8 Å². The first kappa shape index (κ1) is 21.7. The van der Waals surface area contributed by atoms with Crippen molar-refractivity contribution in [2.45, 2.75) is 46.1 Å². The lowest BCUT2D eigenvalue weighted by Crippen LogP contribution is -2.45. The van der Waals surface area contributed by atoms with E-state index in [2.05, 4.69) is 24.5 Å². The SMILES string of the molecule is CCOc1ccc(C(=O)NCC(=O)OCC(=O)N[C@H]2CCC[C@@H](C)[C@@H]2C)cc1. The summed E-state index contributed by atoms with van der Waals surface area (Å²) in [7, 11) is 0. The molecule has 7 heteroatoms. The Labute approximate surface area is 166 Å². The van der Waals surface area contributed by atoms with E-state index in [-0.39, 0.29) is 25.1 Å². The topological polar surface area (TPSA) is 93.7 Å². The van der Waals surface area contributed by atoms with Crippen LogP contribution < -0.4 is 15.4 Å². The van der Waals surface area contributed by atoms with Gasteiger partial charge >= 0.3 is 5.97 Å². The van der Waals surface area contributed by atoms with Crippen LogP contribution in [-0.4, -0.2) is 43.6 Å². The first-order valence-corrected chi connectivity index (χ1v) is 9.86. The van der Waals surface area contributed by atoms with Crippen LogP contribution in [0.5, 0.6) is 5.75 Å². The second-order valence-corrected chi connectivity index (χ2v) is 7.24. The first-order valence-electron chi connectivity index (χ1n) is 9.86. The lowest BCUT2D eigenvalue weighted by atomic mass is 9.78. The molecule has 28 heavy (non-hydrogen) atoms. The second-order valence-electron chi connectivity index (χ2n) is 7.24. The molecule has 0 aromatic heterocycles. The maximum Gasteiger partial charge on any atom is 0.325 e. The molecule has 1 fully saturated rings. The Morgan fingerprint density at radius 3 is 2.50 bits per heavy atom. The Bertz CT molecular complexity index is 674. The third-order valence-electron chi connectivity index (χ3n) is 5.24. The Balaban J connectivity index is 1.69. The molecule has 0 aliphatic heterocycles. The van der Waals surface area contributed by atoms with Gasteiger partial charge in [-0.05, 0) is 49.4 Å². The quantitative estimate of drug-likeness (QED) is 0.665. The predicted molar refractivity (Wildman–Crippen MR) is 105 cm³/mol. The highest BCUT2D eigenvalue weighted by atomic mass is 16.5. The van der Waals surface area contributed by atoms with Crippen molar-refractivity contribution in [3.63, 3.8) is 0 Å². The molecule has 2 amide bonds. The van der Waals surface area contributed by atoms with Crippen LogP contribution in [0.2, 0.25) is 0 Å². The fourth-order valence-electron chi connectivity index (χ4n) is 3.35. The van der Waals surface area contributed by atoms with Crippen LogP contribution in [-0.2, 0) is 14.3 Å². The van der Waals surface area contributed by atoms with Gasteiger partial charge in [0.1, 0.15) is 12.3 Å². The van der Waals surface area contributed by atoms with Crippen LogP contribution in [0.25, 0.3) is 0 Å². The summed E-state index contributed by atoms with van der Waals surface area (Å²) < 4.78 is 10.3. The van der Waals surface area contributed by atoms with Crippen molar-refractivity contribution in [3.05, 3.63) is 29.8 Å². The summed E-state index contributed by atoms with van der Waals surface area (Å²) in [6, 6.07) is 6.73. The molecule has 2 N–H and O–H groups in total. The monoisotopic (exact) mass is 390 g/mol. The van der Waals surface area contributed by atoms with Gasteiger partial charge in [-0.25, -0.2) is 0 Å². The van der Waals surface area contributed by atoms with E-state index in [1.54, 1.807) is 24.3 Å². The van der Waals surface area contributed by atoms with Gasteiger partial charge in [0, 0.05) is 11.6 Å². The summed E-state index contributed by atoms with van der Waals surface area (Å²) in [6.45, 7) is 6.12. The van der Waals surface area contributed by atoms with Crippen LogP contribution in [0.15, 0.2) is 24.3 Å². The number of esters is 1. The molecule has 7 nitrogen and oxygen atoms in total. The molecule has 1 aliphatic carbocycles. The van der Waals surface area contributed by atoms with Gasteiger partial charge in [0.25, 0.3) is 11.8 Å². The summed E-state index contributed by atoms with van der Waals surface area (Å²) >= 11 is 0. The maximum absolute atomic E-state index is 12.0. The van der Waals surface area contributed by atoms with Crippen LogP contribution in [0, 0.1) is 11.8 Å². The number of carbonyl (C=O) groups is 3. The zero-order valence-electron chi connectivity index (χ0n) is 16.8. The van der Waals surface area contributed by atoms with E-state index in [4.69, 9.17) is 9.47 Å². The minimum absolute atomic E-state index is 0.120. The molecule has 0 bridgehead atoms. The number of ether oxygens (including phenoxy) is 2. The van der Waals surface area contributed by atoms with Gasteiger partial charge in [-0.3, -0.25) is 14.4 Å². The van der Waals surface area contributed by atoms with Crippen molar-refractivity contribution >= 4 is 17.8 Å². The Morgan fingerprint density at radius 2 is 1.82 bits per heavy atom. The maximum atomic E-state index is 12.0. The van der Waals surface area contributed by atoms with Crippen LogP contribution in [0.1, 0.15) is 50.4 Å². The molecule has 1 aromatic rings. The molecule has 0 saturated heterocycles. The van der Waals surface area contributed by atoms with Gasteiger partial charge in [0.2, 0.25) is 0 Å². The molecular formula is C21H30N2O5. The fourth-order valence-corrected chi connectivity index (χ4v) is 3.35. The zero-order chi connectivity index (χ0) is 20.5. The number of hydrogen-bond donors (Lipinski definition) is 2. The molecule has 1 aliphatic rings. The molecule has 0 radical (unpaired) electrons. The average Bonchev–Trinajstić information content (AvgIpc) is 2.69. The van der Waals surface area contributed by atoms with Crippen LogP contribution >= 0.6 is 0 Å². The third kappa shape index (κ3) is 6.55. The summed E-state index contributed by atoms with van der Waals surface area (Å²) in [6.07, 6.45) is 3.22. The van der Waals surface area contributed by atoms with E-state index in [1.807, 2.05) is 6.92 Å². The van der Waals surface area contributed by atoms with Gasteiger partial charge < -0.3 is 20.1 Å². The normalized spacial score (nSPS) is 21.5. The van der Waals surface area contributed by atoms with E-state index in [0.717, 1.165) is 12.8 Å². The lowest BCUT2D eigenvalue weighted by molar-refractivity contribution is -0.147. The number of hydrogen-bond acceptors (Lipinski definition) is 5. The highest BCUT2D eigenvalue weighted by Crippen LogP contribution is 2.29. The predicted octanol–water partition coefficient (Wildman–Crippen LogP) is 2.30. The van der Waals surface area contributed by atoms with Crippen molar-refractivity contribution in [2.75, 3.05) is 19.8 Å². The van der Waals surface area contributed by atoms with Gasteiger partial charge in [-0.15, -0.1) is 0 Å². The van der Waals surface area contributed by atoms with Gasteiger partial charge in [0.15, 0.2) is 6.61 Å².